The van der Waals surface area contributed by atoms with Crippen LogP contribution in [0.5, 0.6) is 0 Å². The first-order valence-corrected chi connectivity index (χ1v) is 22.2. The number of benzene rings is 6. The number of hydrogen-bond acceptors (Lipinski definition) is 2. The molecule has 55 heavy (non-hydrogen) atoms. The van der Waals surface area contributed by atoms with Crippen LogP contribution in [-0.2, 0) is 10.8 Å². The summed E-state index contributed by atoms with van der Waals surface area (Å²) in [5, 5.41) is 2.74. The van der Waals surface area contributed by atoms with Crippen molar-refractivity contribution < 1.29 is 0 Å². The van der Waals surface area contributed by atoms with Gasteiger partial charge in [-0.25, -0.2) is 0 Å². The predicted octanol–water partition coefficient (Wildman–Crippen LogP) is 14.9. The monoisotopic (exact) mass is 729 g/mol. The van der Waals surface area contributed by atoms with Crippen molar-refractivity contribution in [2.75, 3.05) is 4.90 Å². The molecule has 6 aromatic carbocycles. The Morgan fingerprint density at radius 1 is 0.491 bits per heavy atom. The van der Waals surface area contributed by atoms with Gasteiger partial charge >= 0.3 is 0 Å². The number of nitrogens with zero attached hydrogens (tertiary/aromatic N) is 1. The van der Waals surface area contributed by atoms with E-state index in [0.29, 0.717) is 0 Å². The Morgan fingerprint density at radius 2 is 1.15 bits per heavy atom. The summed E-state index contributed by atoms with van der Waals surface area (Å²) < 4.78 is 2.73. The summed E-state index contributed by atoms with van der Waals surface area (Å²) in [6.07, 6.45) is 15.0. The van der Waals surface area contributed by atoms with E-state index in [0.717, 1.165) is 23.7 Å². The third kappa shape index (κ3) is 4.14. The molecule has 1 aromatic heterocycles. The zero-order valence-electron chi connectivity index (χ0n) is 31.6. The summed E-state index contributed by atoms with van der Waals surface area (Å²) in [4.78, 5) is 2.68. The van der Waals surface area contributed by atoms with Gasteiger partial charge in [0.25, 0.3) is 0 Å². The fourth-order valence-corrected chi connectivity index (χ4v) is 15.2. The highest BCUT2D eigenvalue weighted by Gasteiger charge is 2.59. The summed E-state index contributed by atoms with van der Waals surface area (Å²) >= 11 is 1.93. The molecule has 14 rings (SSSR count). The molecule has 0 N–H and O–H groups in total. The molecule has 7 aromatic rings. The second-order valence-corrected chi connectivity index (χ2v) is 19.4. The minimum absolute atomic E-state index is 0.106. The van der Waals surface area contributed by atoms with Crippen LogP contribution in [0.25, 0.3) is 42.4 Å². The van der Waals surface area contributed by atoms with Gasteiger partial charge in [0.1, 0.15) is 0 Å². The van der Waals surface area contributed by atoms with Crippen LogP contribution in [0.15, 0.2) is 127 Å². The van der Waals surface area contributed by atoms with E-state index in [1.54, 1.807) is 22.3 Å². The Morgan fingerprint density at radius 3 is 2.00 bits per heavy atom. The fraction of sp³-hybridized carbons (Fsp3) is 0.321. The molecule has 270 valence electrons. The van der Waals surface area contributed by atoms with Gasteiger partial charge in [0.2, 0.25) is 0 Å². The smallest absolute Gasteiger partial charge is 0.0554 e. The van der Waals surface area contributed by atoms with Crippen LogP contribution >= 0.6 is 11.3 Å². The molecule has 2 spiro atoms. The van der Waals surface area contributed by atoms with Crippen molar-refractivity contribution in [3.63, 3.8) is 0 Å². The lowest BCUT2D eigenvalue weighted by Crippen LogP contribution is -2.48. The summed E-state index contributed by atoms with van der Waals surface area (Å²) in [7, 11) is 0. The number of hydrogen-bond donors (Lipinski definition) is 0. The Labute approximate surface area is 329 Å². The summed E-state index contributed by atoms with van der Waals surface area (Å²) in [6, 6.07) is 50.4. The molecule has 0 amide bonds. The maximum Gasteiger partial charge on any atom is 0.0554 e. The Balaban J connectivity index is 1.07. The first-order chi connectivity index (χ1) is 27.2. The van der Waals surface area contributed by atoms with Crippen LogP contribution in [0.4, 0.5) is 17.1 Å². The number of anilines is 3. The van der Waals surface area contributed by atoms with Crippen molar-refractivity contribution in [2.45, 2.75) is 81.5 Å². The molecule has 0 saturated heterocycles. The van der Waals surface area contributed by atoms with Gasteiger partial charge in [-0.3, -0.25) is 0 Å². The molecule has 7 aliphatic carbocycles. The van der Waals surface area contributed by atoms with Crippen LogP contribution in [0.3, 0.4) is 0 Å². The topological polar surface area (TPSA) is 3.24 Å². The zero-order valence-corrected chi connectivity index (χ0v) is 32.4. The molecule has 5 unspecified atom stereocenters. The molecule has 4 bridgehead atoms. The largest absolute Gasteiger partial charge is 0.310 e. The van der Waals surface area contributed by atoms with Crippen LogP contribution < -0.4 is 4.90 Å². The van der Waals surface area contributed by atoms with Gasteiger partial charge in [-0.1, -0.05) is 111 Å². The highest BCUT2D eigenvalue weighted by Crippen LogP contribution is 2.68. The van der Waals surface area contributed by atoms with E-state index >= 15 is 0 Å². The van der Waals surface area contributed by atoms with Crippen molar-refractivity contribution in [3.8, 4) is 22.3 Å². The van der Waals surface area contributed by atoms with Crippen LogP contribution in [0.1, 0.15) is 92.9 Å². The van der Waals surface area contributed by atoms with E-state index in [1.807, 2.05) is 11.3 Å². The lowest BCUT2D eigenvalue weighted by atomic mass is 9.51. The molecule has 5 atom stereocenters. The average molecular weight is 730 g/mol. The van der Waals surface area contributed by atoms with Crippen LogP contribution in [0, 0.1) is 23.7 Å². The molecule has 7 aliphatic rings. The summed E-state index contributed by atoms with van der Waals surface area (Å²) in [6.45, 7) is 0. The van der Waals surface area contributed by atoms with Gasteiger partial charge in [0.15, 0.2) is 0 Å². The van der Waals surface area contributed by atoms with Gasteiger partial charge in [0.05, 0.1) is 5.69 Å². The van der Waals surface area contributed by atoms with E-state index < -0.39 is 0 Å². The van der Waals surface area contributed by atoms with Crippen molar-refractivity contribution >= 4 is 48.6 Å². The molecule has 1 heterocycles. The molecule has 2 heteroatoms. The maximum atomic E-state index is 2.71. The minimum atomic E-state index is 0.106. The van der Waals surface area contributed by atoms with Gasteiger partial charge in [-0.15, -0.1) is 11.3 Å². The Bertz CT molecular complexity index is 2700. The molecule has 5 saturated carbocycles. The van der Waals surface area contributed by atoms with Gasteiger partial charge in [-0.05, 0) is 156 Å². The van der Waals surface area contributed by atoms with Crippen molar-refractivity contribution in [1.82, 2.24) is 0 Å². The lowest BCUT2D eigenvalue weighted by Gasteiger charge is -2.53. The number of thiophene rings is 1. The normalized spacial score (nSPS) is 26.3. The van der Waals surface area contributed by atoms with Crippen LogP contribution in [-0.4, -0.2) is 0 Å². The van der Waals surface area contributed by atoms with Crippen molar-refractivity contribution in [3.05, 3.63) is 150 Å². The Hall–Kier alpha value is -4.66. The summed E-state index contributed by atoms with van der Waals surface area (Å²) in [5.74, 6) is 3.29. The predicted molar refractivity (Wildman–Crippen MR) is 231 cm³/mol. The van der Waals surface area contributed by atoms with Crippen LogP contribution in [0.2, 0.25) is 0 Å². The fourth-order valence-electron chi connectivity index (χ4n) is 14.1. The van der Waals surface area contributed by atoms with E-state index in [-0.39, 0.29) is 10.8 Å². The third-order valence-corrected chi connectivity index (χ3v) is 17.1. The second-order valence-electron chi connectivity index (χ2n) is 18.3. The number of rotatable bonds is 3. The molecule has 5 fully saturated rings. The first kappa shape index (κ1) is 31.5. The Kier molecular flexibility index (Phi) is 6.57. The quantitative estimate of drug-likeness (QED) is 0.175. The summed E-state index contributed by atoms with van der Waals surface area (Å²) in [5.41, 5.74) is 16.4. The zero-order chi connectivity index (χ0) is 35.9. The molecular formula is C53H47NS. The van der Waals surface area contributed by atoms with E-state index in [2.05, 4.69) is 132 Å². The van der Waals surface area contributed by atoms with E-state index in [4.69, 9.17) is 0 Å². The van der Waals surface area contributed by atoms with E-state index in [9.17, 15) is 0 Å². The molecule has 0 radical (unpaired) electrons. The standard InChI is InChI=1S/C53H47NS/c1-8-25-52(26-9-1)44-14-5-2-11-39(44)41-23-21-37(31-46(41)52)54(48-16-10-18-50-51(48)43-13-4-7-17-49(43)55-50)38-22-24-42-40-12-3-6-15-45(40)53(47(42)32-38)35-20-19-33-27-34(29-35)30-36(53)28-33/h2-7,10-18,21-24,31-36H,1,8-9,19-20,25-30H2. The average Bonchev–Trinajstić information content (AvgIpc) is 3.78. The van der Waals surface area contributed by atoms with Crippen molar-refractivity contribution in [1.29, 1.82) is 0 Å². The maximum absolute atomic E-state index is 2.71. The molecule has 0 aliphatic heterocycles. The lowest BCUT2D eigenvalue weighted by molar-refractivity contribution is 0.0618. The third-order valence-electron chi connectivity index (χ3n) is 15.9. The number of fused-ring (bicyclic) bond motifs is 12. The van der Waals surface area contributed by atoms with Gasteiger partial charge in [0, 0.05) is 42.4 Å². The highest BCUT2D eigenvalue weighted by molar-refractivity contribution is 7.26. The first-order valence-electron chi connectivity index (χ1n) is 21.4. The van der Waals surface area contributed by atoms with E-state index in [1.165, 1.54) is 130 Å². The molecular weight excluding hydrogens is 683 g/mol. The second kappa shape index (κ2) is 11.5. The van der Waals surface area contributed by atoms with Gasteiger partial charge < -0.3 is 4.90 Å². The minimum Gasteiger partial charge on any atom is -0.310 e. The van der Waals surface area contributed by atoms with Crippen molar-refractivity contribution in [2.24, 2.45) is 23.7 Å². The molecule has 1 nitrogen and oxygen atoms in total. The SMILES string of the molecule is c1ccc2c(c1)-c1ccc(N(c3ccc4c(c3)C3(c5ccccc5-4)C4CCC5CC(C4)CC3C5)c3cccc4sc5ccccc5c34)cc1C21CCCCC1. The highest BCUT2D eigenvalue weighted by atomic mass is 32.1. The van der Waals surface area contributed by atoms with Gasteiger partial charge in [-0.2, -0.15) is 0 Å².